The zero-order valence-electron chi connectivity index (χ0n) is 13.5. The van der Waals surface area contributed by atoms with Gasteiger partial charge in [0, 0.05) is 29.2 Å². The van der Waals surface area contributed by atoms with Crippen LogP contribution in [-0.4, -0.2) is 16.2 Å². The van der Waals surface area contributed by atoms with Crippen molar-refractivity contribution in [3.63, 3.8) is 0 Å². The van der Waals surface area contributed by atoms with Crippen LogP contribution in [-0.2, 0) is 4.79 Å². The molecule has 0 radical (unpaired) electrons. The normalized spacial score (nSPS) is 10.5. The molecule has 3 nitrogen and oxygen atoms in total. The maximum Gasteiger partial charge on any atom is 0.224 e. The second kappa shape index (κ2) is 9.46. The number of carbonyl (C=O) groups excluding carboxylic acids is 1. The monoisotopic (exact) mass is 374 g/mol. The third-order valence-corrected chi connectivity index (χ3v) is 4.21. The fourth-order valence-electron chi connectivity index (χ4n) is 2.41. The molecular formula is C19H23BrN2O. The van der Waals surface area contributed by atoms with Gasteiger partial charge in [-0.3, -0.25) is 9.78 Å². The van der Waals surface area contributed by atoms with Gasteiger partial charge in [0.05, 0.1) is 5.69 Å². The molecule has 2 rings (SSSR count). The van der Waals surface area contributed by atoms with Gasteiger partial charge in [0.15, 0.2) is 0 Å². The van der Waals surface area contributed by atoms with Crippen LogP contribution < -0.4 is 5.32 Å². The molecule has 0 atom stereocenters. The van der Waals surface area contributed by atoms with Gasteiger partial charge in [-0.15, -0.1) is 0 Å². The Hall–Kier alpha value is -1.68. The van der Waals surface area contributed by atoms with E-state index in [2.05, 4.69) is 26.2 Å². The Morgan fingerprint density at radius 2 is 1.96 bits per heavy atom. The lowest BCUT2D eigenvalue weighted by Gasteiger charge is -2.08. The fraction of sp³-hybridized carbons (Fsp3) is 0.368. The summed E-state index contributed by atoms with van der Waals surface area (Å²) in [6, 6.07) is 11.9. The molecule has 0 saturated carbocycles. The zero-order valence-corrected chi connectivity index (χ0v) is 15.1. The number of aromatic nitrogens is 1. The highest BCUT2D eigenvalue weighted by Crippen LogP contribution is 2.21. The van der Waals surface area contributed by atoms with E-state index in [1.165, 1.54) is 18.4 Å². The van der Waals surface area contributed by atoms with Gasteiger partial charge in [-0.1, -0.05) is 40.9 Å². The minimum Gasteiger partial charge on any atom is -0.326 e. The van der Waals surface area contributed by atoms with Crippen LogP contribution in [0.1, 0.15) is 37.7 Å². The summed E-state index contributed by atoms with van der Waals surface area (Å²) < 4.78 is 0. The van der Waals surface area contributed by atoms with Gasteiger partial charge in [0.25, 0.3) is 0 Å². The number of halogens is 1. The first-order valence-electron chi connectivity index (χ1n) is 8.08. The second-order valence-corrected chi connectivity index (χ2v) is 6.49. The number of rotatable bonds is 8. The number of pyridine rings is 1. The fourth-order valence-corrected chi connectivity index (χ4v) is 2.80. The van der Waals surface area contributed by atoms with Crippen molar-refractivity contribution in [2.75, 3.05) is 10.6 Å². The number of hydrogen-bond acceptors (Lipinski definition) is 2. The molecule has 0 aliphatic carbocycles. The van der Waals surface area contributed by atoms with Crippen LogP contribution in [0.3, 0.4) is 0 Å². The molecular weight excluding hydrogens is 352 g/mol. The van der Waals surface area contributed by atoms with E-state index in [1.54, 1.807) is 0 Å². The number of anilines is 1. The zero-order chi connectivity index (χ0) is 16.5. The van der Waals surface area contributed by atoms with Gasteiger partial charge in [-0.25, -0.2) is 0 Å². The van der Waals surface area contributed by atoms with Gasteiger partial charge in [0.1, 0.15) is 0 Å². The van der Waals surface area contributed by atoms with Gasteiger partial charge < -0.3 is 5.32 Å². The molecule has 1 amide bonds. The molecule has 0 bridgehead atoms. The summed E-state index contributed by atoms with van der Waals surface area (Å²) in [4.78, 5) is 16.4. The molecule has 0 saturated heterocycles. The summed E-state index contributed by atoms with van der Waals surface area (Å²) in [7, 11) is 0. The smallest absolute Gasteiger partial charge is 0.224 e. The lowest BCUT2D eigenvalue weighted by molar-refractivity contribution is -0.116. The minimum absolute atomic E-state index is 0.0817. The number of benzene rings is 1. The molecule has 0 aliphatic rings. The molecule has 122 valence electrons. The quantitative estimate of drug-likeness (QED) is 0.500. The summed E-state index contributed by atoms with van der Waals surface area (Å²) >= 11 is 3.42. The summed E-state index contributed by atoms with van der Waals surface area (Å²) in [5.74, 6) is 0.0817. The van der Waals surface area contributed by atoms with Crippen LogP contribution in [0, 0.1) is 6.92 Å². The first kappa shape index (κ1) is 17.7. The predicted octanol–water partition coefficient (Wildman–Crippen LogP) is 5.34. The van der Waals surface area contributed by atoms with Crippen LogP contribution in [0.15, 0.2) is 42.6 Å². The van der Waals surface area contributed by atoms with Crippen LogP contribution in [0.5, 0.6) is 0 Å². The average molecular weight is 375 g/mol. The van der Waals surface area contributed by atoms with Crippen LogP contribution in [0.25, 0.3) is 11.3 Å². The Morgan fingerprint density at radius 1 is 1.13 bits per heavy atom. The average Bonchev–Trinajstić information content (AvgIpc) is 2.55. The highest BCUT2D eigenvalue weighted by atomic mass is 79.9. The van der Waals surface area contributed by atoms with Gasteiger partial charge in [0.2, 0.25) is 5.91 Å². The van der Waals surface area contributed by atoms with E-state index in [-0.39, 0.29) is 5.91 Å². The first-order chi connectivity index (χ1) is 11.2. The van der Waals surface area contributed by atoms with Crippen molar-refractivity contribution >= 4 is 27.5 Å². The molecule has 0 aliphatic heterocycles. The van der Waals surface area contributed by atoms with E-state index in [1.807, 2.05) is 49.5 Å². The standard InChI is InChI=1S/C19H23BrN2O/c1-15-10-12-21-18(13-15)16-7-6-8-17(14-16)22-19(23)9-4-2-3-5-11-20/h6-8,10,12-14H,2-5,9,11H2,1H3,(H,22,23). The van der Waals surface area contributed by atoms with Gasteiger partial charge in [-0.2, -0.15) is 0 Å². The molecule has 1 aromatic carbocycles. The SMILES string of the molecule is Cc1ccnc(-c2cccc(NC(=O)CCCCCCBr)c2)c1. The van der Waals surface area contributed by atoms with Crippen molar-refractivity contribution < 1.29 is 4.79 Å². The minimum atomic E-state index is 0.0817. The Balaban J connectivity index is 1.91. The predicted molar refractivity (Wildman–Crippen MR) is 99.9 cm³/mol. The second-order valence-electron chi connectivity index (χ2n) is 5.70. The van der Waals surface area contributed by atoms with E-state index in [9.17, 15) is 4.79 Å². The molecule has 4 heteroatoms. The molecule has 1 heterocycles. The van der Waals surface area contributed by atoms with Crippen molar-refractivity contribution in [2.45, 2.75) is 39.0 Å². The van der Waals surface area contributed by atoms with E-state index < -0.39 is 0 Å². The van der Waals surface area contributed by atoms with E-state index in [0.717, 1.165) is 35.1 Å². The first-order valence-corrected chi connectivity index (χ1v) is 9.20. The van der Waals surface area contributed by atoms with Gasteiger partial charge in [-0.05, 0) is 49.6 Å². The van der Waals surface area contributed by atoms with Crippen molar-refractivity contribution in [1.29, 1.82) is 0 Å². The van der Waals surface area contributed by atoms with Crippen molar-refractivity contribution in [3.05, 3.63) is 48.2 Å². The molecule has 0 fully saturated rings. The van der Waals surface area contributed by atoms with Crippen molar-refractivity contribution in [2.24, 2.45) is 0 Å². The summed E-state index contributed by atoms with van der Waals surface area (Å²) in [5, 5.41) is 4.02. The maximum atomic E-state index is 12.0. The third kappa shape index (κ3) is 6.14. The summed E-state index contributed by atoms with van der Waals surface area (Å²) in [6.07, 6.45) is 6.78. The van der Waals surface area contributed by atoms with Gasteiger partial charge >= 0.3 is 0 Å². The van der Waals surface area contributed by atoms with Crippen molar-refractivity contribution in [1.82, 2.24) is 4.98 Å². The molecule has 0 unspecified atom stereocenters. The topological polar surface area (TPSA) is 42.0 Å². The number of hydrogen-bond donors (Lipinski definition) is 1. The molecule has 1 N–H and O–H groups in total. The number of nitrogens with zero attached hydrogens (tertiary/aromatic N) is 1. The molecule has 2 aromatic rings. The van der Waals surface area contributed by atoms with Crippen LogP contribution in [0.2, 0.25) is 0 Å². The maximum absolute atomic E-state index is 12.0. The number of unbranched alkanes of at least 4 members (excludes halogenated alkanes) is 3. The van der Waals surface area contributed by atoms with E-state index in [0.29, 0.717) is 6.42 Å². The number of nitrogens with one attached hydrogen (secondary N) is 1. The number of alkyl halides is 1. The Labute approximate surface area is 146 Å². The largest absolute Gasteiger partial charge is 0.326 e. The van der Waals surface area contributed by atoms with Crippen LogP contribution in [0.4, 0.5) is 5.69 Å². The Bertz CT molecular complexity index is 643. The van der Waals surface area contributed by atoms with Crippen molar-refractivity contribution in [3.8, 4) is 11.3 Å². The summed E-state index contributed by atoms with van der Waals surface area (Å²) in [5.41, 5.74) is 3.95. The van der Waals surface area contributed by atoms with Crippen LogP contribution >= 0.6 is 15.9 Å². The van der Waals surface area contributed by atoms with E-state index >= 15 is 0 Å². The Morgan fingerprint density at radius 3 is 2.74 bits per heavy atom. The number of aryl methyl sites for hydroxylation is 1. The lowest BCUT2D eigenvalue weighted by atomic mass is 10.1. The number of amides is 1. The van der Waals surface area contributed by atoms with E-state index in [4.69, 9.17) is 0 Å². The third-order valence-electron chi connectivity index (χ3n) is 3.65. The Kier molecular flexibility index (Phi) is 7.27. The highest BCUT2D eigenvalue weighted by Gasteiger charge is 2.05. The summed E-state index contributed by atoms with van der Waals surface area (Å²) in [6.45, 7) is 2.05. The molecule has 23 heavy (non-hydrogen) atoms. The number of carbonyl (C=O) groups is 1. The highest BCUT2D eigenvalue weighted by molar-refractivity contribution is 9.09. The lowest BCUT2D eigenvalue weighted by Crippen LogP contribution is -2.11. The molecule has 0 spiro atoms. The molecule has 1 aromatic heterocycles.